The summed E-state index contributed by atoms with van der Waals surface area (Å²) in [5, 5.41) is 0. The number of ketones is 1. The molecule has 1 heteroatoms. The van der Waals surface area contributed by atoms with Crippen molar-refractivity contribution in [3.05, 3.63) is 0 Å². The minimum Gasteiger partial charge on any atom is -0.299 e. The van der Waals surface area contributed by atoms with Gasteiger partial charge in [-0.05, 0) is 12.3 Å². The van der Waals surface area contributed by atoms with E-state index < -0.39 is 0 Å². The van der Waals surface area contributed by atoms with Gasteiger partial charge in [-0.3, -0.25) is 4.79 Å². The highest BCUT2D eigenvalue weighted by molar-refractivity contribution is 5.82. The van der Waals surface area contributed by atoms with Crippen molar-refractivity contribution in [2.75, 3.05) is 0 Å². The molecule has 0 saturated heterocycles. The largest absolute Gasteiger partial charge is 0.299 e. The fraction of sp³-hybridized carbons (Fsp3) is 0.917. The number of carbonyl (C=O) groups is 1. The molecule has 0 bridgehead atoms. The molecule has 0 unspecified atom stereocenters. The molecule has 1 atom stereocenters. The van der Waals surface area contributed by atoms with Gasteiger partial charge in [-0.15, -0.1) is 0 Å². The van der Waals surface area contributed by atoms with Crippen molar-refractivity contribution in [1.82, 2.24) is 0 Å². The fourth-order valence-electron chi connectivity index (χ4n) is 1.54. The van der Waals surface area contributed by atoms with Gasteiger partial charge in [0.05, 0.1) is 0 Å². The first-order chi connectivity index (χ1) is 5.95. The smallest absolute Gasteiger partial charge is 0.138 e. The highest BCUT2D eigenvalue weighted by Crippen LogP contribution is 2.16. The Morgan fingerprint density at radius 1 is 1.00 bits per heavy atom. The Bertz CT molecular complexity index is 147. The molecular weight excluding hydrogens is 160 g/mol. The molecule has 0 rings (SSSR count). The maximum Gasteiger partial charge on any atom is 0.138 e. The van der Waals surface area contributed by atoms with Crippen LogP contribution >= 0.6 is 0 Å². The van der Waals surface area contributed by atoms with Crippen LogP contribution in [0.5, 0.6) is 0 Å². The summed E-state index contributed by atoms with van der Waals surface area (Å²) in [4.78, 5) is 11.5. The van der Waals surface area contributed by atoms with Crippen molar-refractivity contribution in [3.8, 4) is 0 Å². The molecule has 0 radical (unpaired) electrons. The third kappa shape index (κ3) is 5.84. The lowest BCUT2D eigenvalue weighted by Gasteiger charge is -2.13. The van der Waals surface area contributed by atoms with Crippen LogP contribution in [0.15, 0.2) is 0 Å². The first-order valence-electron chi connectivity index (χ1n) is 5.48. The summed E-state index contributed by atoms with van der Waals surface area (Å²) in [6.07, 6.45) is 3.50. The van der Waals surface area contributed by atoms with Crippen LogP contribution in [0, 0.1) is 17.8 Å². The highest BCUT2D eigenvalue weighted by atomic mass is 16.1. The van der Waals surface area contributed by atoms with E-state index in [1.54, 1.807) is 0 Å². The minimum atomic E-state index is 0.203. The fourth-order valence-corrected chi connectivity index (χ4v) is 1.54. The summed E-state index contributed by atoms with van der Waals surface area (Å²) in [5.74, 6) is 1.65. The zero-order valence-corrected chi connectivity index (χ0v) is 9.76. The van der Waals surface area contributed by atoms with Crippen LogP contribution in [0.3, 0.4) is 0 Å². The van der Waals surface area contributed by atoms with Crippen LogP contribution in [-0.2, 0) is 4.79 Å². The Balaban J connectivity index is 3.62. The number of carbonyl (C=O) groups excluding carboxylic acids is 1. The average molecular weight is 184 g/mol. The lowest BCUT2D eigenvalue weighted by Crippen LogP contribution is -2.17. The van der Waals surface area contributed by atoms with Crippen LogP contribution in [0.2, 0.25) is 0 Å². The van der Waals surface area contributed by atoms with Gasteiger partial charge in [0.2, 0.25) is 0 Å². The zero-order valence-electron chi connectivity index (χ0n) is 9.76. The third-order valence-corrected chi connectivity index (χ3v) is 2.47. The molecule has 0 spiro atoms. The number of Topliss-reactive ketones (excluding diaryl/α,β-unsaturated/α-hetero) is 1. The molecule has 0 N–H and O–H groups in total. The second kappa shape index (κ2) is 6.17. The van der Waals surface area contributed by atoms with Crippen molar-refractivity contribution >= 4 is 5.78 Å². The van der Waals surface area contributed by atoms with Crippen molar-refractivity contribution in [3.63, 3.8) is 0 Å². The van der Waals surface area contributed by atoms with Gasteiger partial charge in [0.15, 0.2) is 0 Å². The van der Waals surface area contributed by atoms with Gasteiger partial charge < -0.3 is 0 Å². The van der Waals surface area contributed by atoms with Gasteiger partial charge in [-0.2, -0.15) is 0 Å². The standard InChI is InChI=1S/C12H24O/c1-9(2)7-6-8-11(5)12(13)10(3)4/h9-11H,6-8H2,1-5H3/t11-/m0/s1. The van der Waals surface area contributed by atoms with Crippen LogP contribution in [0.4, 0.5) is 0 Å². The molecular formula is C12H24O. The van der Waals surface area contributed by atoms with E-state index in [-0.39, 0.29) is 11.8 Å². The minimum absolute atomic E-state index is 0.203. The van der Waals surface area contributed by atoms with Crippen molar-refractivity contribution in [2.45, 2.75) is 53.9 Å². The van der Waals surface area contributed by atoms with E-state index in [2.05, 4.69) is 20.8 Å². The van der Waals surface area contributed by atoms with Gasteiger partial charge >= 0.3 is 0 Å². The monoisotopic (exact) mass is 184 g/mol. The summed E-state index contributed by atoms with van der Waals surface area (Å²) in [6, 6.07) is 0. The zero-order chi connectivity index (χ0) is 10.4. The summed E-state index contributed by atoms with van der Waals surface area (Å²) < 4.78 is 0. The molecule has 0 aliphatic heterocycles. The lowest BCUT2D eigenvalue weighted by molar-refractivity contribution is -0.125. The Kier molecular flexibility index (Phi) is 6.02. The molecule has 0 heterocycles. The second-order valence-electron chi connectivity index (χ2n) is 4.78. The lowest BCUT2D eigenvalue weighted by atomic mass is 9.91. The number of hydrogen-bond donors (Lipinski definition) is 0. The number of hydrogen-bond acceptors (Lipinski definition) is 1. The van der Waals surface area contributed by atoms with Gasteiger partial charge in [-0.1, -0.05) is 47.5 Å². The first kappa shape index (κ1) is 12.7. The van der Waals surface area contributed by atoms with Crippen LogP contribution in [0.1, 0.15) is 53.9 Å². The molecule has 0 aromatic heterocycles. The Morgan fingerprint density at radius 2 is 1.54 bits per heavy atom. The molecule has 0 aliphatic rings. The van der Waals surface area contributed by atoms with Gasteiger partial charge in [0, 0.05) is 11.8 Å². The SMILES string of the molecule is CC(C)CCC[C@H](C)C(=O)C(C)C. The quantitative estimate of drug-likeness (QED) is 0.615. The predicted octanol–water partition coefficient (Wildman–Crippen LogP) is 3.67. The summed E-state index contributed by atoms with van der Waals surface area (Å²) in [6.45, 7) is 10.5. The maximum atomic E-state index is 11.5. The Morgan fingerprint density at radius 3 is 1.92 bits per heavy atom. The maximum absolute atomic E-state index is 11.5. The predicted molar refractivity (Wildman–Crippen MR) is 57.7 cm³/mol. The summed E-state index contributed by atoms with van der Waals surface area (Å²) in [7, 11) is 0. The average Bonchev–Trinajstić information content (AvgIpc) is 2.02. The highest BCUT2D eigenvalue weighted by Gasteiger charge is 2.15. The number of rotatable bonds is 6. The van der Waals surface area contributed by atoms with Crippen LogP contribution in [-0.4, -0.2) is 5.78 Å². The van der Waals surface area contributed by atoms with Crippen molar-refractivity contribution < 1.29 is 4.79 Å². The topological polar surface area (TPSA) is 17.1 Å². The molecule has 0 aromatic rings. The normalized spacial score (nSPS) is 13.8. The summed E-state index contributed by atoms with van der Waals surface area (Å²) in [5.41, 5.74) is 0. The summed E-state index contributed by atoms with van der Waals surface area (Å²) >= 11 is 0. The molecule has 0 aromatic carbocycles. The van der Waals surface area contributed by atoms with Gasteiger partial charge in [0.25, 0.3) is 0 Å². The molecule has 0 amide bonds. The molecule has 1 nitrogen and oxygen atoms in total. The first-order valence-corrected chi connectivity index (χ1v) is 5.48. The molecule has 0 saturated carbocycles. The van der Waals surface area contributed by atoms with E-state index in [0.717, 1.165) is 12.3 Å². The molecule has 13 heavy (non-hydrogen) atoms. The Hall–Kier alpha value is -0.330. The van der Waals surface area contributed by atoms with Crippen molar-refractivity contribution in [2.24, 2.45) is 17.8 Å². The van der Waals surface area contributed by atoms with E-state index >= 15 is 0 Å². The van der Waals surface area contributed by atoms with Crippen LogP contribution in [0.25, 0.3) is 0 Å². The third-order valence-electron chi connectivity index (χ3n) is 2.47. The second-order valence-corrected chi connectivity index (χ2v) is 4.78. The van der Waals surface area contributed by atoms with Crippen LogP contribution < -0.4 is 0 Å². The molecule has 0 fully saturated rings. The van der Waals surface area contributed by atoms with E-state index in [9.17, 15) is 4.79 Å². The van der Waals surface area contributed by atoms with Gasteiger partial charge in [0.1, 0.15) is 5.78 Å². The van der Waals surface area contributed by atoms with E-state index in [1.165, 1.54) is 12.8 Å². The van der Waals surface area contributed by atoms with E-state index in [1.807, 2.05) is 13.8 Å². The van der Waals surface area contributed by atoms with Gasteiger partial charge in [-0.25, -0.2) is 0 Å². The van der Waals surface area contributed by atoms with E-state index in [4.69, 9.17) is 0 Å². The van der Waals surface area contributed by atoms with Crippen molar-refractivity contribution in [1.29, 1.82) is 0 Å². The molecule has 78 valence electrons. The van der Waals surface area contributed by atoms with E-state index in [0.29, 0.717) is 5.78 Å². The Labute approximate surface area is 82.9 Å². The molecule has 0 aliphatic carbocycles.